The van der Waals surface area contributed by atoms with E-state index in [0.717, 1.165) is 22.2 Å². The van der Waals surface area contributed by atoms with Gasteiger partial charge in [-0.2, -0.15) is 0 Å². The van der Waals surface area contributed by atoms with Crippen molar-refractivity contribution in [1.29, 1.82) is 0 Å². The Bertz CT molecular complexity index is 1360. The zero-order valence-electron chi connectivity index (χ0n) is 18.1. The van der Waals surface area contributed by atoms with E-state index in [-0.39, 0.29) is 18.6 Å². The van der Waals surface area contributed by atoms with Crippen LogP contribution >= 0.6 is 0 Å². The van der Waals surface area contributed by atoms with Gasteiger partial charge in [-0.1, -0.05) is 32.6 Å². The maximum Gasteiger partial charge on any atom is 0.343 e. The molecule has 0 radical (unpaired) electrons. The number of pyridine rings is 2. The van der Waals surface area contributed by atoms with Crippen LogP contribution in [0.25, 0.3) is 22.3 Å². The molecule has 7 nitrogen and oxygen atoms in total. The minimum Gasteiger partial charge on any atom is -0.458 e. The summed E-state index contributed by atoms with van der Waals surface area (Å²) in [6.45, 7) is 8.74. The number of nitrogens with two attached hydrogens (primary N) is 1. The molecule has 0 unspecified atom stereocenters. The Morgan fingerprint density at radius 1 is 1.26 bits per heavy atom. The molecule has 0 spiro atoms. The predicted molar refractivity (Wildman–Crippen MR) is 122 cm³/mol. The molecule has 5 rings (SSSR count). The summed E-state index contributed by atoms with van der Waals surface area (Å²) in [5.74, 6) is -0.716. The van der Waals surface area contributed by atoms with Crippen LogP contribution in [0.15, 0.2) is 29.1 Å². The number of ether oxygens (including phenoxy) is 1. The van der Waals surface area contributed by atoms with E-state index in [1.54, 1.807) is 17.6 Å². The van der Waals surface area contributed by atoms with Crippen LogP contribution in [0.5, 0.6) is 0 Å². The van der Waals surface area contributed by atoms with E-state index in [2.05, 4.69) is 19.6 Å². The molecule has 3 N–H and O–H groups in total. The SMILES string of the molecule is CC[C@]1(O)C(=O)OCc2c1cc1n(c2=O)Cc2c-1nc1cccc(N)c1c2[Si](C)(C)C. The first kappa shape index (κ1) is 20.0. The number of aromatic nitrogens is 2. The molecule has 0 bridgehead atoms. The summed E-state index contributed by atoms with van der Waals surface area (Å²) in [6, 6.07) is 7.46. The molecule has 0 saturated heterocycles. The van der Waals surface area contributed by atoms with E-state index in [9.17, 15) is 14.7 Å². The van der Waals surface area contributed by atoms with Gasteiger partial charge >= 0.3 is 5.97 Å². The molecule has 160 valence electrons. The van der Waals surface area contributed by atoms with Crippen LogP contribution in [0, 0.1) is 0 Å². The summed E-state index contributed by atoms with van der Waals surface area (Å²) >= 11 is 0. The number of carbonyl (C=O) groups is 1. The minimum absolute atomic E-state index is 0.121. The second-order valence-corrected chi connectivity index (χ2v) is 14.4. The Hall–Kier alpha value is -2.97. The van der Waals surface area contributed by atoms with Crippen LogP contribution in [0.2, 0.25) is 19.6 Å². The quantitative estimate of drug-likeness (QED) is 0.284. The van der Waals surface area contributed by atoms with E-state index in [0.29, 0.717) is 29.1 Å². The summed E-state index contributed by atoms with van der Waals surface area (Å²) in [6.07, 6.45) is 0.121. The number of benzene rings is 1. The van der Waals surface area contributed by atoms with Crippen molar-refractivity contribution >= 4 is 35.8 Å². The van der Waals surface area contributed by atoms with Crippen LogP contribution in [-0.2, 0) is 28.3 Å². The average molecular weight is 436 g/mol. The van der Waals surface area contributed by atoms with E-state index in [4.69, 9.17) is 15.5 Å². The summed E-state index contributed by atoms with van der Waals surface area (Å²) in [4.78, 5) is 30.7. The molecule has 2 aliphatic heterocycles. The highest BCUT2D eigenvalue weighted by molar-refractivity contribution is 6.91. The number of hydrogen-bond donors (Lipinski definition) is 2. The normalized spacial score (nSPS) is 19.7. The lowest BCUT2D eigenvalue weighted by molar-refractivity contribution is -0.172. The summed E-state index contributed by atoms with van der Waals surface area (Å²) < 4.78 is 6.84. The van der Waals surface area contributed by atoms with Gasteiger partial charge in [0.05, 0.1) is 37.1 Å². The molecule has 1 atom stereocenters. The van der Waals surface area contributed by atoms with Gasteiger partial charge in [0, 0.05) is 16.6 Å². The number of cyclic esters (lactones) is 1. The largest absolute Gasteiger partial charge is 0.458 e. The van der Waals surface area contributed by atoms with Crippen molar-refractivity contribution in [2.75, 3.05) is 5.73 Å². The molecule has 8 heteroatoms. The Balaban J connectivity index is 1.89. The molecule has 0 aliphatic carbocycles. The molecule has 0 amide bonds. The van der Waals surface area contributed by atoms with Crippen molar-refractivity contribution in [3.8, 4) is 11.4 Å². The third-order valence-corrected chi connectivity index (χ3v) is 8.55. The van der Waals surface area contributed by atoms with Crippen LogP contribution in [0.3, 0.4) is 0 Å². The van der Waals surface area contributed by atoms with Crippen molar-refractivity contribution < 1.29 is 14.6 Å². The first-order valence-electron chi connectivity index (χ1n) is 10.5. The maximum atomic E-state index is 13.4. The number of carbonyl (C=O) groups excluding carboxylic acids is 1. The fourth-order valence-corrected chi connectivity index (χ4v) is 7.11. The number of rotatable bonds is 2. The molecule has 3 aromatic rings. The Labute approximate surface area is 180 Å². The standard InChI is InChI=1S/C23H25N3O4Si/c1-5-23(29)14-9-17-19-12(10-26(17)21(27)13(14)11-30-22(23)28)20(31(2,3)4)18-15(24)7-6-8-16(18)25-19/h6-9,29H,5,10-11,24H2,1-4H3/t23-/m1/s1. The molecule has 2 aromatic heterocycles. The zero-order chi connectivity index (χ0) is 22.3. The highest BCUT2D eigenvalue weighted by atomic mass is 28.3. The van der Waals surface area contributed by atoms with Gasteiger partial charge in [0.2, 0.25) is 0 Å². The van der Waals surface area contributed by atoms with E-state index in [1.165, 1.54) is 5.19 Å². The zero-order valence-corrected chi connectivity index (χ0v) is 19.1. The summed E-state index contributed by atoms with van der Waals surface area (Å²) in [7, 11) is -1.88. The monoisotopic (exact) mass is 435 g/mol. The van der Waals surface area contributed by atoms with Gasteiger partial charge in [0.15, 0.2) is 5.60 Å². The Morgan fingerprint density at radius 3 is 2.68 bits per heavy atom. The van der Waals surface area contributed by atoms with E-state index in [1.807, 2.05) is 18.2 Å². The number of hydrogen-bond acceptors (Lipinski definition) is 6. The first-order valence-corrected chi connectivity index (χ1v) is 14.0. The number of anilines is 1. The van der Waals surface area contributed by atoms with E-state index >= 15 is 0 Å². The van der Waals surface area contributed by atoms with Gasteiger partial charge in [0.1, 0.15) is 6.61 Å². The topological polar surface area (TPSA) is 107 Å². The fourth-order valence-electron chi connectivity index (χ4n) is 4.98. The average Bonchev–Trinajstić information content (AvgIpc) is 3.07. The molecular weight excluding hydrogens is 410 g/mol. The van der Waals surface area contributed by atoms with Gasteiger partial charge in [0.25, 0.3) is 5.56 Å². The van der Waals surface area contributed by atoms with Gasteiger partial charge in [-0.05, 0) is 35.4 Å². The first-order chi connectivity index (χ1) is 14.6. The maximum absolute atomic E-state index is 13.4. The molecule has 2 aliphatic rings. The second kappa shape index (κ2) is 6.27. The van der Waals surface area contributed by atoms with Crippen molar-refractivity contribution in [2.45, 2.75) is 51.7 Å². The lowest BCUT2D eigenvalue weighted by Crippen LogP contribution is -2.44. The number of aliphatic hydroxyl groups is 1. The Kier molecular flexibility index (Phi) is 4.04. The van der Waals surface area contributed by atoms with Gasteiger partial charge < -0.3 is 20.1 Å². The number of fused-ring (bicyclic) bond motifs is 5. The lowest BCUT2D eigenvalue weighted by Gasteiger charge is -2.31. The summed E-state index contributed by atoms with van der Waals surface area (Å²) in [5, 5.41) is 13.2. The van der Waals surface area contributed by atoms with Crippen molar-refractivity contribution in [1.82, 2.24) is 9.55 Å². The van der Waals surface area contributed by atoms with Crippen molar-refractivity contribution in [3.05, 3.63) is 51.3 Å². The number of nitrogens with zero attached hydrogens (tertiary/aromatic N) is 2. The lowest BCUT2D eigenvalue weighted by atomic mass is 9.86. The van der Waals surface area contributed by atoms with Crippen molar-refractivity contribution in [2.24, 2.45) is 0 Å². The molecule has 31 heavy (non-hydrogen) atoms. The van der Waals surface area contributed by atoms with Crippen molar-refractivity contribution in [3.63, 3.8) is 0 Å². The van der Waals surface area contributed by atoms with Crippen LogP contribution in [-0.4, -0.2) is 28.7 Å². The molecule has 0 saturated carbocycles. The summed E-state index contributed by atoms with van der Waals surface area (Å²) in [5.41, 5.74) is 8.82. The third-order valence-electron chi connectivity index (χ3n) is 6.50. The fraction of sp³-hybridized carbons (Fsp3) is 0.348. The smallest absolute Gasteiger partial charge is 0.343 e. The molecular formula is C23H25N3O4Si. The molecule has 0 fully saturated rings. The number of nitrogen functional groups attached to an aromatic ring is 1. The van der Waals surface area contributed by atoms with Crippen LogP contribution < -0.4 is 16.5 Å². The second-order valence-electron chi connectivity index (χ2n) is 9.41. The Morgan fingerprint density at radius 2 is 2.00 bits per heavy atom. The van der Waals surface area contributed by atoms with Gasteiger partial charge in [-0.25, -0.2) is 9.78 Å². The van der Waals surface area contributed by atoms with Crippen LogP contribution in [0.4, 0.5) is 5.69 Å². The van der Waals surface area contributed by atoms with Crippen LogP contribution in [0.1, 0.15) is 30.0 Å². The molecule has 4 heterocycles. The van der Waals surface area contributed by atoms with Gasteiger partial charge in [-0.15, -0.1) is 0 Å². The van der Waals surface area contributed by atoms with Gasteiger partial charge in [-0.3, -0.25) is 4.79 Å². The third kappa shape index (κ3) is 2.58. The number of esters is 1. The van der Waals surface area contributed by atoms with E-state index < -0.39 is 19.6 Å². The highest BCUT2D eigenvalue weighted by Crippen LogP contribution is 2.39. The minimum atomic E-state index is -1.88. The predicted octanol–water partition coefficient (Wildman–Crippen LogP) is 2.21. The molecule has 1 aromatic carbocycles. The highest BCUT2D eigenvalue weighted by Gasteiger charge is 2.45.